The number of carbonyl (C=O) groups is 1. The third-order valence-corrected chi connectivity index (χ3v) is 5.45. The highest BCUT2D eigenvalue weighted by Gasteiger charge is 2.25. The molecule has 1 unspecified atom stereocenters. The monoisotopic (exact) mass is 374 g/mol. The van der Waals surface area contributed by atoms with Crippen LogP contribution in [-0.4, -0.2) is 63.2 Å². The van der Waals surface area contributed by atoms with E-state index >= 15 is 0 Å². The molecular weight excluding hydrogens is 344 g/mol. The summed E-state index contributed by atoms with van der Waals surface area (Å²) in [4.78, 5) is 16.9. The molecule has 1 aliphatic carbocycles. The number of benzene rings is 1. The van der Waals surface area contributed by atoms with Gasteiger partial charge in [-0.15, -0.1) is 0 Å². The van der Waals surface area contributed by atoms with Crippen molar-refractivity contribution >= 4 is 5.91 Å². The van der Waals surface area contributed by atoms with Crippen molar-refractivity contribution in [1.29, 1.82) is 0 Å². The van der Waals surface area contributed by atoms with Crippen LogP contribution in [0.3, 0.4) is 0 Å². The van der Waals surface area contributed by atoms with Crippen LogP contribution in [0.2, 0.25) is 0 Å². The summed E-state index contributed by atoms with van der Waals surface area (Å²) in [6.07, 6.45) is 7.26. The maximum absolute atomic E-state index is 12.5. The first-order valence-corrected chi connectivity index (χ1v) is 9.61. The largest absolute Gasteiger partial charge is 0.493 e. The van der Waals surface area contributed by atoms with Gasteiger partial charge in [0, 0.05) is 44.7 Å². The first-order chi connectivity index (χ1) is 13.2. The molecule has 1 aliphatic heterocycles. The van der Waals surface area contributed by atoms with Gasteiger partial charge in [0.25, 0.3) is 0 Å². The summed E-state index contributed by atoms with van der Waals surface area (Å²) in [5.41, 5.74) is 1.06. The molecule has 2 aliphatic rings. The average molecular weight is 374 g/mol. The molecule has 1 aromatic rings. The van der Waals surface area contributed by atoms with Crippen LogP contribution < -0.4 is 14.2 Å². The van der Waals surface area contributed by atoms with E-state index in [2.05, 4.69) is 17.1 Å². The lowest BCUT2D eigenvalue weighted by molar-refractivity contribution is -0.133. The molecule has 1 fully saturated rings. The van der Waals surface area contributed by atoms with Gasteiger partial charge in [0.05, 0.1) is 21.3 Å². The second kappa shape index (κ2) is 9.13. The van der Waals surface area contributed by atoms with Crippen molar-refractivity contribution in [3.8, 4) is 17.2 Å². The van der Waals surface area contributed by atoms with E-state index in [1.165, 1.54) is 0 Å². The Bertz CT molecular complexity index is 681. The fourth-order valence-corrected chi connectivity index (χ4v) is 3.90. The van der Waals surface area contributed by atoms with Crippen molar-refractivity contribution in [3.05, 3.63) is 29.8 Å². The van der Waals surface area contributed by atoms with E-state index in [0.717, 1.165) is 51.1 Å². The third kappa shape index (κ3) is 4.56. The zero-order valence-corrected chi connectivity index (χ0v) is 16.6. The molecule has 1 atom stereocenters. The first-order valence-electron chi connectivity index (χ1n) is 9.61. The molecule has 1 heterocycles. The zero-order chi connectivity index (χ0) is 19.2. The Balaban J connectivity index is 1.57. The molecular formula is C21H30N2O4. The Morgan fingerprint density at radius 1 is 1.04 bits per heavy atom. The topological polar surface area (TPSA) is 51.2 Å². The quantitative estimate of drug-likeness (QED) is 0.687. The highest BCUT2D eigenvalue weighted by molar-refractivity contribution is 5.76. The molecule has 0 aromatic heterocycles. The number of hydrogen-bond donors (Lipinski definition) is 0. The van der Waals surface area contributed by atoms with E-state index in [9.17, 15) is 4.79 Å². The van der Waals surface area contributed by atoms with Crippen molar-refractivity contribution in [3.63, 3.8) is 0 Å². The van der Waals surface area contributed by atoms with Crippen LogP contribution in [0.4, 0.5) is 0 Å². The molecule has 0 spiro atoms. The van der Waals surface area contributed by atoms with E-state index in [1.54, 1.807) is 21.3 Å². The van der Waals surface area contributed by atoms with Crippen LogP contribution in [0.5, 0.6) is 17.2 Å². The van der Waals surface area contributed by atoms with Gasteiger partial charge in [0.1, 0.15) is 0 Å². The molecule has 148 valence electrons. The smallest absolute Gasteiger partial charge is 0.223 e. The Morgan fingerprint density at radius 2 is 1.78 bits per heavy atom. The van der Waals surface area contributed by atoms with E-state index in [-0.39, 0.29) is 5.91 Å². The number of hydrogen-bond acceptors (Lipinski definition) is 5. The van der Waals surface area contributed by atoms with E-state index in [4.69, 9.17) is 14.2 Å². The summed E-state index contributed by atoms with van der Waals surface area (Å²) in [5, 5.41) is 0. The Hall–Kier alpha value is -2.21. The van der Waals surface area contributed by atoms with Crippen molar-refractivity contribution in [2.45, 2.75) is 25.8 Å². The Kier molecular flexibility index (Phi) is 6.61. The minimum atomic E-state index is 0.287. The lowest BCUT2D eigenvalue weighted by Gasteiger charge is -2.35. The molecule has 1 saturated heterocycles. The summed E-state index contributed by atoms with van der Waals surface area (Å²) in [5.74, 6) is 2.72. The predicted octanol–water partition coefficient (Wildman–Crippen LogP) is 2.71. The lowest BCUT2D eigenvalue weighted by atomic mass is 10.0. The summed E-state index contributed by atoms with van der Waals surface area (Å²) in [6.45, 7) is 4.06. The second-order valence-electron chi connectivity index (χ2n) is 7.12. The summed E-state index contributed by atoms with van der Waals surface area (Å²) in [6, 6.07) is 3.93. The fourth-order valence-electron chi connectivity index (χ4n) is 3.90. The van der Waals surface area contributed by atoms with Crippen molar-refractivity contribution in [2.75, 3.05) is 47.5 Å². The summed E-state index contributed by atoms with van der Waals surface area (Å²) < 4.78 is 16.4. The third-order valence-electron chi connectivity index (χ3n) is 5.45. The van der Waals surface area contributed by atoms with Crippen molar-refractivity contribution in [2.24, 2.45) is 5.92 Å². The van der Waals surface area contributed by atoms with Gasteiger partial charge in [-0.2, -0.15) is 0 Å². The average Bonchev–Trinajstić information content (AvgIpc) is 3.21. The Labute approximate surface area is 161 Å². The maximum Gasteiger partial charge on any atom is 0.223 e. The molecule has 0 N–H and O–H groups in total. The van der Waals surface area contributed by atoms with Gasteiger partial charge in [0.2, 0.25) is 11.7 Å². The van der Waals surface area contributed by atoms with Gasteiger partial charge in [-0.05, 0) is 24.8 Å². The number of nitrogens with zero attached hydrogens (tertiary/aromatic N) is 2. The second-order valence-corrected chi connectivity index (χ2v) is 7.12. The number of amides is 1. The van der Waals surface area contributed by atoms with Crippen LogP contribution in [0.15, 0.2) is 24.3 Å². The van der Waals surface area contributed by atoms with Gasteiger partial charge < -0.3 is 19.1 Å². The molecule has 0 saturated carbocycles. The van der Waals surface area contributed by atoms with Crippen molar-refractivity contribution < 1.29 is 19.0 Å². The molecule has 6 heteroatoms. The molecule has 1 amide bonds. The number of allylic oxidation sites excluding steroid dienone is 2. The van der Waals surface area contributed by atoms with Crippen LogP contribution in [0.1, 0.15) is 24.8 Å². The van der Waals surface area contributed by atoms with E-state index in [0.29, 0.717) is 29.6 Å². The predicted molar refractivity (Wildman–Crippen MR) is 104 cm³/mol. The fraction of sp³-hybridized carbons (Fsp3) is 0.571. The van der Waals surface area contributed by atoms with Crippen LogP contribution in [0.25, 0.3) is 0 Å². The molecule has 27 heavy (non-hydrogen) atoms. The number of piperazine rings is 1. The van der Waals surface area contributed by atoms with Crippen LogP contribution in [0, 0.1) is 5.92 Å². The van der Waals surface area contributed by atoms with Gasteiger partial charge in [0.15, 0.2) is 11.5 Å². The first kappa shape index (κ1) is 19.5. The summed E-state index contributed by atoms with van der Waals surface area (Å²) >= 11 is 0. The van der Waals surface area contributed by atoms with Gasteiger partial charge in [-0.1, -0.05) is 18.2 Å². The summed E-state index contributed by atoms with van der Waals surface area (Å²) in [7, 11) is 4.89. The number of carbonyl (C=O) groups excluding carboxylic acids is 1. The SMILES string of the molecule is COc1ccc(CN2CCN(C(=O)CC3C=CCC3)CC2)c(OC)c1OC. The number of ether oxygens (including phenoxy) is 3. The number of rotatable bonds is 7. The van der Waals surface area contributed by atoms with Crippen molar-refractivity contribution in [1.82, 2.24) is 9.80 Å². The lowest BCUT2D eigenvalue weighted by Crippen LogP contribution is -2.48. The van der Waals surface area contributed by atoms with E-state index < -0.39 is 0 Å². The Morgan fingerprint density at radius 3 is 2.37 bits per heavy atom. The van der Waals surface area contributed by atoms with E-state index in [1.807, 2.05) is 17.0 Å². The minimum absolute atomic E-state index is 0.287. The van der Waals surface area contributed by atoms with Crippen LogP contribution in [-0.2, 0) is 11.3 Å². The molecule has 0 bridgehead atoms. The molecule has 6 nitrogen and oxygen atoms in total. The molecule has 1 aromatic carbocycles. The highest BCUT2D eigenvalue weighted by atomic mass is 16.5. The molecule has 3 rings (SSSR count). The van der Waals surface area contributed by atoms with Crippen LogP contribution >= 0.6 is 0 Å². The zero-order valence-electron chi connectivity index (χ0n) is 16.6. The van der Waals surface area contributed by atoms with Gasteiger partial charge in [-0.25, -0.2) is 0 Å². The number of methoxy groups -OCH3 is 3. The molecule has 0 radical (unpaired) electrons. The minimum Gasteiger partial charge on any atom is -0.493 e. The standard InChI is InChI=1S/C21H30N2O4/c1-25-18-9-8-17(20(26-2)21(18)27-3)15-22-10-12-23(13-11-22)19(24)14-16-6-4-5-7-16/h4,6,8-9,16H,5,7,10-15H2,1-3H3. The maximum atomic E-state index is 12.5. The normalized spacial score (nSPS) is 20.0. The van der Waals surface area contributed by atoms with Gasteiger partial charge >= 0.3 is 0 Å². The van der Waals surface area contributed by atoms with Gasteiger partial charge in [-0.3, -0.25) is 9.69 Å². The highest BCUT2D eigenvalue weighted by Crippen LogP contribution is 2.40.